The first kappa shape index (κ1) is 25.1. The molecule has 11 heteroatoms. The van der Waals surface area contributed by atoms with E-state index < -0.39 is 12.1 Å². The number of aromatic amines is 1. The highest BCUT2D eigenvalue weighted by Gasteiger charge is 2.44. The topological polar surface area (TPSA) is 113 Å². The zero-order valence-corrected chi connectivity index (χ0v) is 21.7. The van der Waals surface area contributed by atoms with Gasteiger partial charge in [-0.3, -0.25) is 14.6 Å². The summed E-state index contributed by atoms with van der Waals surface area (Å²) in [5.74, 6) is -0.778. The summed E-state index contributed by atoms with van der Waals surface area (Å²) in [4.78, 5) is 52.5. The van der Waals surface area contributed by atoms with Gasteiger partial charge in [0.1, 0.15) is 12.0 Å². The Labute approximate surface area is 225 Å². The number of nitrogens with one attached hydrogen (secondary N) is 3. The van der Waals surface area contributed by atoms with Crippen LogP contribution in [0.3, 0.4) is 0 Å². The van der Waals surface area contributed by atoms with Gasteiger partial charge in [-0.15, -0.1) is 0 Å². The smallest absolute Gasteiger partial charge is 0.320 e. The van der Waals surface area contributed by atoms with E-state index in [-0.39, 0.29) is 37.2 Å². The number of carbonyl (C=O) groups is 3. The van der Waals surface area contributed by atoms with E-state index in [2.05, 4.69) is 37.0 Å². The molecule has 2 atom stereocenters. The van der Waals surface area contributed by atoms with Crippen molar-refractivity contribution in [3.8, 4) is 0 Å². The largest absolute Gasteiger partial charge is 0.355 e. The first-order valence-electron chi connectivity index (χ1n) is 13.2. The summed E-state index contributed by atoms with van der Waals surface area (Å²) < 4.78 is 13.4. The van der Waals surface area contributed by atoms with Crippen molar-refractivity contribution in [1.82, 2.24) is 25.0 Å². The lowest BCUT2D eigenvalue weighted by Crippen LogP contribution is -2.53. The van der Waals surface area contributed by atoms with Crippen molar-refractivity contribution in [2.75, 3.05) is 51.6 Å². The van der Waals surface area contributed by atoms with Gasteiger partial charge in [-0.05, 0) is 49.4 Å². The van der Waals surface area contributed by atoms with E-state index in [0.29, 0.717) is 60.2 Å². The van der Waals surface area contributed by atoms with Crippen LogP contribution in [-0.4, -0.2) is 95.7 Å². The predicted octanol–water partition coefficient (Wildman–Crippen LogP) is 2.22. The fraction of sp³-hybridized carbons (Fsp3) is 0.429. The number of urea groups is 1. The van der Waals surface area contributed by atoms with E-state index in [1.165, 1.54) is 0 Å². The minimum Gasteiger partial charge on any atom is -0.355 e. The van der Waals surface area contributed by atoms with Crippen molar-refractivity contribution in [3.63, 3.8) is 0 Å². The molecule has 0 radical (unpaired) electrons. The third-order valence-electron chi connectivity index (χ3n) is 7.59. The zero-order valence-electron chi connectivity index (χ0n) is 21.7. The molecule has 202 valence electrons. The molecule has 39 heavy (non-hydrogen) atoms. The summed E-state index contributed by atoms with van der Waals surface area (Å²) in [7, 11) is 2.03. The van der Waals surface area contributed by atoms with E-state index >= 15 is 0 Å². The first-order valence-corrected chi connectivity index (χ1v) is 13.2. The predicted molar refractivity (Wildman–Crippen MR) is 144 cm³/mol. The molecule has 2 fully saturated rings. The van der Waals surface area contributed by atoms with Crippen LogP contribution in [0.15, 0.2) is 46.5 Å². The van der Waals surface area contributed by atoms with Crippen LogP contribution in [0, 0.1) is 5.92 Å². The third kappa shape index (κ3) is 5.12. The van der Waals surface area contributed by atoms with E-state index in [4.69, 9.17) is 0 Å². The highest BCUT2D eigenvalue weighted by Crippen LogP contribution is 2.37. The van der Waals surface area contributed by atoms with Gasteiger partial charge < -0.3 is 30.3 Å². The number of amides is 3. The number of anilines is 1. The van der Waals surface area contributed by atoms with Gasteiger partial charge in [0.15, 0.2) is 5.78 Å². The maximum absolute atomic E-state index is 13.5. The number of amidine groups is 1. The van der Waals surface area contributed by atoms with Crippen LogP contribution in [0.25, 0.3) is 5.57 Å². The molecule has 0 aromatic carbocycles. The van der Waals surface area contributed by atoms with Crippen molar-refractivity contribution >= 4 is 34.8 Å². The molecule has 1 aromatic heterocycles. The Morgan fingerprint density at radius 1 is 1.18 bits per heavy atom. The quantitative estimate of drug-likeness (QED) is 0.516. The summed E-state index contributed by atoms with van der Waals surface area (Å²) in [5.41, 5.74) is 9.87. The van der Waals surface area contributed by atoms with Crippen LogP contribution in [0.5, 0.6) is 0 Å². The lowest BCUT2D eigenvalue weighted by Gasteiger charge is -2.37. The number of piperazine rings is 1. The lowest BCUT2D eigenvalue weighted by atomic mass is 10.00. The number of hydrogen-bond donors (Lipinski definition) is 3. The number of fused-ring (bicyclic) bond motifs is 1. The summed E-state index contributed by atoms with van der Waals surface area (Å²) in [6.45, 7) is 3.54. The highest BCUT2D eigenvalue weighted by atomic mass is 19.1. The van der Waals surface area contributed by atoms with Crippen LogP contribution in [0.2, 0.25) is 0 Å². The number of aliphatic imine (C=N–C) groups is 1. The second-order valence-corrected chi connectivity index (χ2v) is 10.4. The van der Waals surface area contributed by atoms with Gasteiger partial charge in [-0.25, -0.2) is 9.18 Å². The fourth-order valence-electron chi connectivity index (χ4n) is 5.24. The number of carbonyl (C=O) groups excluding carboxylic acids is 3. The third-order valence-corrected chi connectivity index (χ3v) is 7.59. The number of allylic oxidation sites excluding steroid dienone is 3. The van der Waals surface area contributed by atoms with Gasteiger partial charge in [-0.2, -0.15) is 0 Å². The Kier molecular flexibility index (Phi) is 6.56. The maximum atomic E-state index is 13.5. The fourth-order valence-corrected chi connectivity index (χ4v) is 5.24. The molecule has 0 unspecified atom stereocenters. The van der Waals surface area contributed by atoms with Crippen molar-refractivity contribution in [3.05, 3.63) is 58.4 Å². The van der Waals surface area contributed by atoms with Crippen molar-refractivity contribution in [1.29, 1.82) is 0 Å². The number of hydrogen-bond acceptors (Lipinski definition) is 6. The lowest BCUT2D eigenvalue weighted by molar-refractivity contribution is -0.121. The van der Waals surface area contributed by atoms with Crippen molar-refractivity contribution in [2.45, 2.75) is 25.6 Å². The van der Waals surface area contributed by atoms with Gasteiger partial charge in [0.25, 0.3) is 0 Å². The molecule has 4 heterocycles. The van der Waals surface area contributed by atoms with E-state index in [1.54, 1.807) is 22.0 Å². The number of rotatable bonds is 4. The normalized spacial score (nSPS) is 24.2. The number of ketones is 1. The Morgan fingerprint density at radius 2 is 1.97 bits per heavy atom. The van der Waals surface area contributed by atoms with Crippen molar-refractivity contribution < 1.29 is 18.8 Å². The minimum atomic E-state index is -1.09. The first-order chi connectivity index (χ1) is 18.9. The SMILES string of the molecule is CN1CCN(C(=O)N2CC(=O)c3c([nH]c(C4=CC(NC(=O)[C@@H]5C[C@@H]5F)=NCC4)c3NC3=C=C=CC=C3)C2)CC1. The standard InChI is InChI=1S/C28H30FN7O3/c1-34-9-11-35(12-10-34)28(39)36-15-21-24(22(37)16-36)26(31-18-5-3-2-4-6-18)25(32-21)17-7-8-30-23(13-17)33-27(38)19-14-20(19)29/h2-3,5,13,19-20,31-32H,7-12,14-16H2,1H3,(H,30,33,38)/t19-,20+/m1/s1. The molecule has 1 saturated carbocycles. The molecule has 2 aliphatic carbocycles. The Balaban J connectivity index is 1.31. The molecular weight excluding hydrogens is 501 g/mol. The van der Waals surface area contributed by atoms with Gasteiger partial charge in [0.2, 0.25) is 5.91 Å². The number of alkyl halides is 1. The minimum absolute atomic E-state index is 0.0115. The number of halogens is 1. The monoisotopic (exact) mass is 531 g/mol. The average Bonchev–Trinajstić information content (AvgIpc) is 3.57. The van der Waals surface area contributed by atoms with Crippen LogP contribution < -0.4 is 10.6 Å². The molecule has 10 nitrogen and oxygen atoms in total. The van der Waals surface area contributed by atoms with Crippen LogP contribution in [0.4, 0.5) is 14.9 Å². The van der Waals surface area contributed by atoms with Crippen molar-refractivity contribution in [2.24, 2.45) is 10.9 Å². The summed E-state index contributed by atoms with van der Waals surface area (Å²) in [6, 6.07) is -0.140. The second-order valence-electron chi connectivity index (χ2n) is 10.4. The highest BCUT2D eigenvalue weighted by molar-refractivity contribution is 6.12. The molecular formula is C28H30FN7O3. The number of likely N-dealkylation sites (N-methyl/N-ethyl adjacent to an activating group) is 1. The Bertz CT molecular complexity index is 1430. The van der Waals surface area contributed by atoms with Crippen LogP contribution >= 0.6 is 0 Å². The summed E-state index contributed by atoms with van der Waals surface area (Å²) in [6.07, 6.45) is 6.88. The van der Waals surface area contributed by atoms with Crippen LogP contribution in [0.1, 0.15) is 34.6 Å². The van der Waals surface area contributed by atoms with E-state index in [9.17, 15) is 18.8 Å². The molecule has 0 spiro atoms. The summed E-state index contributed by atoms with van der Waals surface area (Å²) in [5, 5.41) is 6.07. The van der Waals surface area contributed by atoms with E-state index in [0.717, 1.165) is 18.7 Å². The number of Topliss-reactive ketones (excluding diaryl/α,β-unsaturated/α-hetero) is 1. The van der Waals surface area contributed by atoms with Gasteiger partial charge in [0.05, 0.1) is 41.6 Å². The van der Waals surface area contributed by atoms with Crippen LogP contribution in [-0.2, 0) is 11.3 Å². The molecule has 1 aromatic rings. The molecule has 5 aliphatic rings. The van der Waals surface area contributed by atoms with Gasteiger partial charge >= 0.3 is 6.03 Å². The number of H-pyrrole nitrogens is 1. The molecule has 3 amide bonds. The van der Waals surface area contributed by atoms with Gasteiger partial charge in [-0.1, -0.05) is 11.8 Å². The number of aromatic nitrogens is 1. The molecule has 1 saturated heterocycles. The van der Waals surface area contributed by atoms with Gasteiger partial charge in [0, 0.05) is 38.4 Å². The Hall–Kier alpha value is -4.17. The zero-order chi connectivity index (χ0) is 27.1. The number of dihydropyridines is 1. The molecule has 0 bridgehead atoms. The maximum Gasteiger partial charge on any atom is 0.320 e. The number of nitrogens with zero attached hydrogens (tertiary/aromatic N) is 4. The molecule has 6 rings (SSSR count). The van der Waals surface area contributed by atoms with E-state index in [1.807, 2.05) is 19.2 Å². The molecule has 3 aliphatic heterocycles. The molecule has 3 N–H and O–H groups in total. The second kappa shape index (κ2) is 10.2. The average molecular weight is 532 g/mol. The summed E-state index contributed by atoms with van der Waals surface area (Å²) >= 11 is 0. The Morgan fingerprint density at radius 3 is 2.69 bits per heavy atom.